The number of nitrogens with two attached hydrogens (primary N) is 1. The molecule has 2 nitrogen and oxygen atoms in total. The highest BCUT2D eigenvalue weighted by Crippen LogP contribution is 2.29. The Morgan fingerprint density at radius 1 is 1.21 bits per heavy atom. The van der Waals surface area contributed by atoms with E-state index in [0.29, 0.717) is 0 Å². The first-order valence-electron chi connectivity index (χ1n) is 5.74. The van der Waals surface area contributed by atoms with Gasteiger partial charge in [0.15, 0.2) is 11.6 Å². The molecule has 0 fully saturated rings. The molecule has 0 heterocycles. The third-order valence-electron chi connectivity index (χ3n) is 2.84. The molecule has 2 aromatic carbocycles. The number of rotatable bonds is 3. The standard InChI is InChI=1S/C14H13BrF2N2/c1-8(9-3-2-4-10(15)7-9)19-14-12(18)6-5-11(16)13(14)17/h2-8,19H,18H2,1H3. The van der Waals surface area contributed by atoms with Crippen LogP contribution in [0.25, 0.3) is 0 Å². The van der Waals surface area contributed by atoms with Crippen molar-refractivity contribution in [3.63, 3.8) is 0 Å². The summed E-state index contributed by atoms with van der Waals surface area (Å²) >= 11 is 3.37. The molecule has 0 aliphatic carbocycles. The Labute approximate surface area is 118 Å². The van der Waals surface area contributed by atoms with Crippen molar-refractivity contribution in [1.82, 2.24) is 0 Å². The molecule has 0 aliphatic heterocycles. The average Bonchev–Trinajstić information content (AvgIpc) is 2.39. The molecular formula is C14H13BrF2N2. The molecule has 3 N–H and O–H groups in total. The highest BCUT2D eigenvalue weighted by molar-refractivity contribution is 9.10. The minimum absolute atomic E-state index is 0.00697. The van der Waals surface area contributed by atoms with Crippen molar-refractivity contribution < 1.29 is 8.78 Å². The summed E-state index contributed by atoms with van der Waals surface area (Å²) < 4.78 is 27.8. The van der Waals surface area contributed by atoms with E-state index in [-0.39, 0.29) is 17.4 Å². The fourth-order valence-corrected chi connectivity index (χ4v) is 2.20. The van der Waals surface area contributed by atoms with Crippen LogP contribution in [0, 0.1) is 11.6 Å². The molecule has 0 spiro atoms. The maximum Gasteiger partial charge on any atom is 0.183 e. The number of nitrogen functional groups attached to an aromatic ring is 1. The number of hydrogen-bond donors (Lipinski definition) is 2. The summed E-state index contributed by atoms with van der Waals surface area (Å²) in [6.45, 7) is 1.85. The lowest BCUT2D eigenvalue weighted by molar-refractivity contribution is 0.510. The molecule has 0 bridgehead atoms. The SMILES string of the molecule is CC(Nc1c(N)ccc(F)c1F)c1cccc(Br)c1. The van der Waals surface area contributed by atoms with E-state index in [1.165, 1.54) is 6.07 Å². The molecule has 0 saturated carbocycles. The first-order chi connectivity index (χ1) is 8.99. The molecule has 19 heavy (non-hydrogen) atoms. The average molecular weight is 327 g/mol. The number of nitrogens with one attached hydrogen (secondary N) is 1. The van der Waals surface area contributed by atoms with E-state index < -0.39 is 11.6 Å². The van der Waals surface area contributed by atoms with Gasteiger partial charge in [0.05, 0.1) is 11.4 Å². The Bertz CT molecular complexity index is 602. The smallest absolute Gasteiger partial charge is 0.183 e. The number of hydrogen-bond acceptors (Lipinski definition) is 2. The molecule has 2 rings (SSSR count). The van der Waals surface area contributed by atoms with E-state index in [0.717, 1.165) is 16.1 Å². The second-order valence-corrected chi connectivity index (χ2v) is 5.16. The van der Waals surface area contributed by atoms with Crippen LogP contribution in [0.3, 0.4) is 0 Å². The lowest BCUT2D eigenvalue weighted by atomic mass is 10.1. The highest BCUT2D eigenvalue weighted by atomic mass is 79.9. The van der Waals surface area contributed by atoms with Crippen LogP contribution < -0.4 is 11.1 Å². The number of anilines is 2. The van der Waals surface area contributed by atoms with Crippen LogP contribution >= 0.6 is 15.9 Å². The second-order valence-electron chi connectivity index (χ2n) is 4.25. The number of benzene rings is 2. The quantitative estimate of drug-likeness (QED) is 0.816. The van der Waals surface area contributed by atoms with E-state index >= 15 is 0 Å². The van der Waals surface area contributed by atoms with Crippen LogP contribution in [0.2, 0.25) is 0 Å². The van der Waals surface area contributed by atoms with Gasteiger partial charge >= 0.3 is 0 Å². The third kappa shape index (κ3) is 3.04. The van der Waals surface area contributed by atoms with Gasteiger partial charge < -0.3 is 11.1 Å². The van der Waals surface area contributed by atoms with Gasteiger partial charge in [-0.1, -0.05) is 28.1 Å². The highest BCUT2D eigenvalue weighted by Gasteiger charge is 2.15. The first-order valence-corrected chi connectivity index (χ1v) is 6.54. The van der Waals surface area contributed by atoms with Gasteiger partial charge in [-0.15, -0.1) is 0 Å². The zero-order valence-electron chi connectivity index (χ0n) is 10.3. The van der Waals surface area contributed by atoms with E-state index in [9.17, 15) is 8.78 Å². The Hall–Kier alpha value is -1.62. The lowest BCUT2D eigenvalue weighted by Gasteiger charge is -2.18. The van der Waals surface area contributed by atoms with Crippen molar-refractivity contribution in [1.29, 1.82) is 0 Å². The maximum atomic E-state index is 13.7. The zero-order chi connectivity index (χ0) is 14.0. The van der Waals surface area contributed by atoms with Crippen LogP contribution in [0.4, 0.5) is 20.2 Å². The predicted octanol–water partition coefficient (Wildman–Crippen LogP) is 4.48. The molecule has 0 radical (unpaired) electrons. The third-order valence-corrected chi connectivity index (χ3v) is 3.33. The van der Waals surface area contributed by atoms with Crippen molar-refractivity contribution in [3.05, 3.63) is 58.1 Å². The maximum absolute atomic E-state index is 13.7. The summed E-state index contributed by atoms with van der Waals surface area (Å²) in [7, 11) is 0. The first kappa shape index (κ1) is 13.8. The molecule has 0 aliphatic rings. The lowest BCUT2D eigenvalue weighted by Crippen LogP contribution is -2.10. The molecule has 5 heteroatoms. The van der Waals surface area contributed by atoms with E-state index in [2.05, 4.69) is 21.2 Å². The molecule has 0 amide bonds. The Balaban J connectivity index is 2.29. The molecule has 0 saturated heterocycles. The summed E-state index contributed by atoms with van der Waals surface area (Å²) in [6, 6.07) is 9.74. The largest absolute Gasteiger partial charge is 0.397 e. The summed E-state index contributed by atoms with van der Waals surface area (Å²) in [4.78, 5) is 0. The molecule has 1 unspecified atom stereocenters. The van der Waals surface area contributed by atoms with Crippen LogP contribution in [0.1, 0.15) is 18.5 Å². The molecule has 0 aromatic heterocycles. The normalized spacial score (nSPS) is 12.2. The monoisotopic (exact) mass is 326 g/mol. The Kier molecular flexibility index (Phi) is 4.04. The molecular weight excluding hydrogens is 314 g/mol. The van der Waals surface area contributed by atoms with Crippen LogP contribution in [-0.2, 0) is 0 Å². The van der Waals surface area contributed by atoms with Crippen molar-refractivity contribution in [3.8, 4) is 0 Å². The minimum atomic E-state index is -0.957. The molecule has 2 aromatic rings. The van der Waals surface area contributed by atoms with Crippen molar-refractivity contribution in [2.45, 2.75) is 13.0 Å². The van der Waals surface area contributed by atoms with Gasteiger partial charge in [0, 0.05) is 10.5 Å². The van der Waals surface area contributed by atoms with Gasteiger partial charge in [0.25, 0.3) is 0 Å². The van der Waals surface area contributed by atoms with Crippen LogP contribution in [0.15, 0.2) is 40.9 Å². The van der Waals surface area contributed by atoms with Gasteiger partial charge in [-0.25, -0.2) is 8.78 Å². The van der Waals surface area contributed by atoms with E-state index in [1.807, 2.05) is 31.2 Å². The van der Waals surface area contributed by atoms with E-state index in [4.69, 9.17) is 5.73 Å². The molecule has 100 valence electrons. The van der Waals surface area contributed by atoms with Crippen LogP contribution in [0.5, 0.6) is 0 Å². The van der Waals surface area contributed by atoms with Gasteiger partial charge in [0.2, 0.25) is 0 Å². The topological polar surface area (TPSA) is 38.0 Å². The zero-order valence-corrected chi connectivity index (χ0v) is 11.8. The fourth-order valence-electron chi connectivity index (χ4n) is 1.79. The molecule has 1 atom stereocenters. The van der Waals surface area contributed by atoms with Crippen LogP contribution in [-0.4, -0.2) is 0 Å². The van der Waals surface area contributed by atoms with Crippen molar-refractivity contribution in [2.75, 3.05) is 11.1 Å². The van der Waals surface area contributed by atoms with Gasteiger partial charge in [-0.2, -0.15) is 0 Å². The van der Waals surface area contributed by atoms with Crippen molar-refractivity contribution >= 4 is 27.3 Å². The van der Waals surface area contributed by atoms with Gasteiger partial charge in [-0.3, -0.25) is 0 Å². The van der Waals surface area contributed by atoms with E-state index in [1.54, 1.807) is 0 Å². The summed E-state index contributed by atoms with van der Waals surface area (Å²) in [5.41, 5.74) is 6.78. The summed E-state index contributed by atoms with van der Waals surface area (Å²) in [6.07, 6.45) is 0. The number of halogens is 3. The predicted molar refractivity (Wildman–Crippen MR) is 77.0 cm³/mol. The Morgan fingerprint density at radius 2 is 1.95 bits per heavy atom. The summed E-state index contributed by atoms with van der Waals surface area (Å²) in [5.74, 6) is -1.88. The Morgan fingerprint density at radius 3 is 2.63 bits per heavy atom. The van der Waals surface area contributed by atoms with Gasteiger partial charge in [-0.05, 0) is 36.8 Å². The summed E-state index contributed by atoms with van der Waals surface area (Å²) in [5, 5.41) is 2.90. The second kappa shape index (κ2) is 5.57. The fraction of sp³-hybridized carbons (Fsp3) is 0.143. The minimum Gasteiger partial charge on any atom is -0.397 e. The van der Waals surface area contributed by atoms with Gasteiger partial charge in [0.1, 0.15) is 0 Å². The van der Waals surface area contributed by atoms with Crippen molar-refractivity contribution in [2.24, 2.45) is 0 Å².